The van der Waals surface area contributed by atoms with Gasteiger partial charge in [-0.2, -0.15) is 0 Å². The van der Waals surface area contributed by atoms with E-state index in [-0.39, 0.29) is 24.5 Å². The van der Waals surface area contributed by atoms with Crippen molar-refractivity contribution in [2.24, 2.45) is 5.92 Å². The molecule has 0 bridgehead atoms. The van der Waals surface area contributed by atoms with Crippen molar-refractivity contribution in [2.45, 2.75) is 52.5 Å². The van der Waals surface area contributed by atoms with Crippen LogP contribution in [0.4, 0.5) is 0 Å². The van der Waals surface area contributed by atoms with Crippen LogP contribution in [0.5, 0.6) is 0 Å². The van der Waals surface area contributed by atoms with E-state index in [1.54, 1.807) is 0 Å². The molecule has 1 amide bonds. The van der Waals surface area contributed by atoms with Crippen LogP contribution in [0.15, 0.2) is 24.3 Å². The summed E-state index contributed by atoms with van der Waals surface area (Å²) in [6, 6.07) is 8.09. The van der Waals surface area contributed by atoms with E-state index in [2.05, 4.69) is 24.4 Å². The van der Waals surface area contributed by atoms with Crippen molar-refractivity contribution in [1.29, 1.82) is 0 Å². The third-order valence-corrected chi connectivity index (χ3v) is 3.55. The van der Waals surface area contributed by atoms with Gasteiger partial charge in [0.05, 0.1) is 19.1 Å². The molecular formula is C17H27NO2. The molecule has 0 aliphatic carbocycles. The third kappa shape index (κ3) is 5.74. The smallest absolute Gasteiger partial charge is 0.224 e. The van der Waals surface area contributed by atoms with Crippen molar-refractivity contribution in [3.63, 3.8) is 0 Å². The molecule has 112 valence electrons. The maximum Gasteiger partial charge on any atom is 0.224 e. The van der Waals surface area contributed by atoms with Crippen LogP contribution in [0.1, 0.15) is 44.7 Å². The fourth-order valence-corrected chi connectivity index (χ4v) is 2.07. The van der Waals surface area contributed by atoms with Crippen molar-refractivity contribution in [3.8, 4) is 0 Å². The van der Waals surface area contributed by atoms with Gasteiger partial charge in [0.15, 0.2) is 0 Å². The number of aryl methyl sites for hydroxylation is 1. The number of rotatable bonds is 8. The molecular weight excluding hydrogens is 250 g/mol. The van der Waals surface area contributed by atoms with Gasteiger partial charge >= 0.3 is 0 Å². The zero-order valence-corrected chi connectivity index (χ0v) is 12.9. The molecule has 0 aliphatic rings. The van der Waals surface area contributed by atoms with Gasteiger partial charge in [-0.3, -0.25) is 4.79 Å². The van der Waals surface area contributed by atoms with Crippen LogP contribution >= 0.6 is 0 Å². The van der Waals surface area contributed by atoms with Gasteiger partial charge in [0.25, 0.3) is 0 Å². The van der Waals surface area contributed by atoms with Gasteiger partial charge in [-0.05, 0) is 29.9 Å². The van der Waals surface area contributed by atoms with Crippen molar-refractivity contribution in [3.05, 3.63) is 35.4 Å². The first-order valence-corrected chi connectivity index (χ1v) is 7.54. The Morgan fingerprint density at radius 2 is 1.80 bits per heavy atom. The van der Waals surface area contributed by atoms with Crippen LogP contribution in [-0.2, 0) is 17.6 Å². The molecule has 1 aromatic carbocycles. The summed E-state index contributed by atoms with van der Waals surface area (Å²) in [5.74, 6) is 0.208. The highest BCUT2D eigenvalue weighted by atomic mass is 16.3. The van der Waals surface area contributed by atoms with E-state index in [9.17, 15) is 9.90 Å². The van der Waals surface area contributed by atoms with Gasteiger partial charge < -0.3 is 10.4 Å². The number of hydrogen-bond acceptors (Lipinski definition) is 2. The zero-order valence-electron chi connectivity index (χ0n) is 12.9. The standard InChI is InChI=1S/C17H27NO2/c1-4-5-6-14-7-9-15(10-8-14)11-17(20)18-16(12-19)13(2)3/h7-10,13,16,19H,4-6,11-12H2,1-3H3,(H,18,20). The summed E-state index contributed by atoms with van der Waals surface area (Å²) in [5, 5.41) is 12.1. The first-order chi connectivity index (χ1) is 9.56. The zero-order chi connectivity index (χ0) is 15.0. The van der Waals surface area contributed by atoms with Crippen LogP contribution in [0.3, 0.4) is 0 Å². The highest BCUT2D eigenvalue weighted by Crippen LogP contribution is 2.09. The highest BCUT2D eigenvalue weighted by Gasteiger charge is 2.15. The van der Waals surface area contributed by atoms with Crippen molar-refractivity contribution in [2.75, 3.05) is 6.61 Å². The van der Waals surface area contributed by atoms with Crippen LogP contribution in [-0.4, -0.2) is 23.7 Å². The van der Waals surface area contributed by atoms with Crippen LogP contribution in [0, 0.1) is 5.92 Å². The molecule has 0 aliphatic heterocycles. The topological polar surface area (TPSA) is 49.3 Å². The quantitative estimate of drug-likeness (QED) is 0.767. The second-order valence-corrected chi connectivity index (χ2v) is 5.70. The van der Waals surface area contributed by atoms with E-state index in [1.165, 1.54) is 18.4 Å². The molecule has 1 rings (SSSR count). The first kappa shape index (κ1) is 16.7. The fraction of sp³-hybridized carbons (Fsp3) is 0.588. The molecule has 0 spiro atoms. The Balaban J connectivity index is 2.49. The van der Waals surface area contributed by atoms with Gasteiger partial charge in [0.1, 0.15) is 0 Å². The Morgan fingerprint density at radius 3 is 2.30 bits per heavy atom. The minimum absolute atomic E-state index is 0.0145. The molecule has 1 aromatic rings. The largest absolute Gasteiger partial charge is 0.394 e. The van der Waals surface area contributed by atoms with Gasteiger partial charge in [-0.15, -0.1) is 0 Å². The maximum atomic E-state index is 11.9. The number of carbonyl (C=O) groups excluding carboxylic acids is 1. The summed E-state index contributed by atoms with van der Waals surface area (Å²) in [5.41, 5.74) is 2.34. The Bertz CT molecular complexity index is 398. The van der Waals surface area contributed by atoms with Gasteiger partial charge in [0.2, 0.25) is 5.91 Å². The lowest BCUT2D eigenvalue weighted by Gasteiger charge is -2.19. The summed E-state index contributed by atoms with van der Waals surface area (Å²) in [6.45, 7) is 6.15. The first-order valence-electron chi connectivity index (χ1n) is 7.54. The number of benzene rings is 1. The molecule has 1 unspecified atom stereocenters. The fourth-order valence-electron chi connectivity index (χ4n) is 2.07. The Morgan fingerprint density at radius 1 is 1.20 bits per heavy atom. The summed E-state index contributed by atoms with van der Waals surface area (Å²) >= 11 is 0. The van der Waals surface area contributed by atoms with Crippen molar-refractivity contribution < 1.29 is 9.90 Å². The number of unbranched alkanes of at least 4 members (excludes halogenated alkanes) is 1. The Labute approximate surface area is 122 Å². The molecule has 0 heterocycles. The monoisotopic (exact) mass is 277 g/mol. The molecule has 0 saturated carbocycles. The molecule has 1 atom stereocenters. The molecule has 0 fully saturated rings. The molecule has 0 aromatic heterocycles. The molecule has 2 N–H and O–H groups in total. The summed E-state index contributed by atoms with van der Waals surface area (Å²) < 4.78 is 0. The van der Waals surface area contributed by atoms with E-state index >= 15 is 0 Å². The number of carbonyl (C=O) groups is 1. The number of hydrogen-bond donors (Lipinski definition) is 2. The number of amides is 1. The minimum Gasteiger partial charge on any atom is -0.394 e. The summed E-state index contributed by atoms with van der Waals surface area (Å²) in [6.07, 6.45) is 3.87. The molecule has 20 heavy (non-hydrogen) atoms. The SMILES string of the molecule is CCCCc1ccc(CC(=O)NC(CO)C(C)C)cc1. The maximum absolute atomic E-state index is 11.9. The van der Waals surface area contributed by atoms with Gasteiger partial charge in [-0.1, -0.05) is 51.5 Å². The van der Waals surface area contributed by atoms with Crippen LogP contribution in [0.25, 0.3) is 0 Å². The molecule has 0 saturated heterocycles. The number of nitrogens with one attached hydrogen (secondary N) is 1. The summed E-state index contributed by atoms with van der Waals surface area (Å²) in [7, 11) is 0. The van der Waals surface area contributed by atoms with E-state index in [0.717, 1.165) is 12.0 Å². The molecule has 3 heteroatoms. The predicted octanol–water partition coefficient (Wildman–Crippen LogP) is 2.70. The number of aliphatic hydroxyl groups excluding tert-OH is 1. The lowest BCUT2D eigenvalue weighted by Crippen LogP contribution is -2.41. The predicted molar refractivity (Wildman–Crippen MR) is 82.6 cm³/mol. The normalized spacial score (nSPS) is 12.4. The third-order valence-electron chi connectivity index (χ3n) is 3.55. The lowest BCUT2D eigenvalue weighted by molar-refractivity contribution is -0.121. The number of aliphatic hydroxyl groups is 1. The van der Waals surface area contributed by atoms with Crippen molar-refractivity contribution >= 4 is 5.91 Å². The van der Waals surface area contributed by atoms with Gasteiger partial charge in [0, 0.05) is 0 Å². The van der Waals surface area contributed by atoms with Crippen LogP contribution in [0.2, 0.25) is 0 Å². The second kappa shape index (κ2) is 8.75. The minimum atomic E-state index is -0.161. The van der Waals surface area contributed by atoms with Crippen molar-refractivity contribution in [1.82, 2.24) is 5.32 Å². The average Bonchev–Trinajstić information content (AvgIpc) is 2.43. The van der Waals surface area contributed by atoms with E-state index in [0.29, 0.717) is 6.42 Å². The van der Waals surface area contributed by atoms with E-state index in [1.807, 2.05) is 26.0 Å². The summed E-state index contributed by atoms with van der Waals surface area (Å²) in [4.78, 5) is 11.9. The van der Waals surface area contributed by atoms with E-state index in [4.69, 9.17) is 0 Å². The Hall–Kier alpha value is -1.35. The average molecular weight is 277 g/mol. The highest BCUT2D eigenvalue weighted by molar-refractivity contribution is 5.78. The molecule has 3 nitrogen and oxygen atoms in total. The Kier molecular flexibility index (Phi) is 7.31. The van der Waals surface area contributed by atoms with Crippen LogP contribution < -0.4 is 5.32 Å². The van der Waals surface area contributed by atoms with Gasteiger partial charge in [-0.25, -0.2) is 0 Å². The van der Waals surface area contributed by atoms with E-state index < -0.39 is 0 Å². The molecule has 0 radical (unpaired) electrons. The second-order valence-electron chi connectivity index (χ2n) is 5.70. The lowest BCUT2D eigenvalue weighted by atomic mass is 10.0.